The second-order valence-electron chi connectivity index (χ2n) is 2.52. The Morgan fingerprint density at radius 3 is 2.82 bits per heavy atom. The van der Waals surface area contributed by atoms with E-state index in [-0.39, 0.29) is 6.04 Å². The van der Waals surface area contributed by atoms with Gasteiger partial charge in [-0.15, -0.1) is 6.58 Å². The van der Waals surface area contributed by atoms with Crippen LogP contribution < -0.4 is 5.73 Å². The molecule has 0 radical (unpaired) electrons. The van der Waals surface area contributed by atoms with Gasteiger partial charge < -0.3 is 5.73 Å². The molecular weight excluding hydrogens is 136 g/mol. The first kappa shape index (κ1) is 7.95. The van der Waals surface area contributed by atoms with Crippen molar-refractivity contribution in [2.75, 3.05) is 0 Å². The predicted octanol–water partition coefficient (Wildman–Crippen LogP) is 1.58. The van der Waals surface area contributed by atoms with Crippen LogP contribution in [0.4, 0.5) is 0 Å². The highest BCUT2D eigenvalue weighted by molar-refractivity contribution is 5.17. The molecule has 0 aliphatic heterocycles. The fraction of sp³-hybridized carbons (Fsp3) is 0.222. The van der Waals surface area contributed by atoms with Gasteiger partial charge in [0, 0.05) is 6.20 Å². The minimum Gasteiger partial charge on any atom is -0.319 e. The van der Waals surface area contributed by atoms with E-state index >= 15 is 0 Å². The molecule has 0 saturated heterocycles. The SMILES string of the molecule is C=C[C@H](N)c1ccc(C)cn1. The van der Waals surface area contributed by atoms with Crippen LogP contribution in [0.1, 0.15) is 17.3 Å². The molecular formula is C9H12N2. The molecule has 1 heterocycles. The third-order valence-corrected chi connectivity index (χ3v) is 1.53. The van der Waals surface area contributed by atoms with E-state index in [1.807, 2.05) is 19.1 Å². The Morgan fingerprint density at radius 1 is 1.64 bits per heavy atom. The third kappa shape index (κ3) is 1.88. The van der Waals surface area contributed by atoms with Crippen molar-refractivity contribution in [3.63, 3.8) is 0 Å². The molecule has 1 rings (SSSR count). The van der Waals surface area contributed by atoms with Crippen LogP contribution in [0.15, 0.2) is 31.0 Å². The van der Waals surface area contributed by atoms with Crippen molar-refractivity contribution < 1.29 is 0 Å². The first-order chi connectivity index (χ1) is 5.24. The molecule has 0 aromatic carbocycles. The minimum atomic E-state index is -0.143. The number of pyridine rings is 1. The highest BCUT2D eigenvalue weighted by atomic mass is 14.8. The van der Waals surface area contributed by atoms with Crippen LogP contribution in [0.3, 0.4) is 0 Å². The predicted molar refractivity (Wildman–Crippen MR) is 46.1 cm³/mol. The molecule has 2 N–H and O–H groups in total. The van der Waals surface area contributed by atoms with E-state index < -0.39 is 0 Å². The summed E-state index contributed by atoms with van der Waals surface area (Å²) < 4.78 is 0. The standard InChI is InChI=1S/C9H12N2/c1-3-8(10)9-5-4-7(2)6-11-9/h3-6,8H,1,10H2,2H3/t8-/m0/s1. The van der Waals surface area contributed by atoms with Gasteiger partial charge in [-0.05, 0) is 18.6 Å². The van der Waals surface area contributed by atoms with Gasteiger partial charge in [-0.2, -0.15) is 0 Å². The molecule has 0 bridgehead atoms. The number of rotatable bonds is 2. The quantitative estimate of drug-likeness (QED) is 0.646. The van der Waals surface area contributed by atoms with Crippen molar-refractivity contribution in [3.8, 4) is 0 Å². The fourth-order valence-electron chi connectivity index (χ4n) is 0.797. The fourth-order valence-corrected chi connectivity index (χ4v) is 0.797. The molecule has 0 aliphatic rings. The molecule has 0 amide bonds. The van der Waals surface area contributed by atoms with Crippen LogP contribution in [0, 0.1) is 6.92 Å². The summed E-state index contributed by atoms with van der Waals surface area (Å²) in [5.41, 5.74) is 7.67. The zero-order valence-electron chi connectivity index (χ0n) is 6.62. The minimum absolute atomic E-state index is 0.143. The van der Waals surface area contributed by atoms with Crippen molar-refractivity contribution in [1.29, 1.82) is 0 Å². The third-order valence-electron chi connectivity index (χ3n) is 1.53. The van der Waals surface area contributed by atoms with Crippen molar-refractivity contribution in [1.82, 2.24) is 4.98 Å². The van der Waals surface area contributed by atoms with Crippen LogP contribution in [-0.2, 0) is 0 Å². The molecule has 0 saturated carbocycles. The number of aromatic nitrogens is 1. The van der Waals surface area contributed by atoms with E-state index in [0.29, 0.717) is 0 Å². The lowest BCUT2D eigenvalue weighted by Crippen LogP contribution is -2.08. The lowest BCUT2D eigenvalue weighted by molar-refractivity contribution is 0.862. The van der Waals surface area contributed by atoms with Crippen molar-refractivity contribution >= 4 is 0 Å². The Labute approximate surface area is 66.8 Å². The van der Waals surface area contributed by atoms with Gasteiger partial charge in [0.2, 0.25) is 0 Å². The number of hydrogen-bond donors (Lipinski definition) is 1. The molecule has 1 aromatic rings. The van der Waals surface area contributed by atoms with Gasteiger partial charge >= 0.3 is 0 Å². The molecule has 1 aromatic heterocycles. The van der Waals surface area contributed by atoms with E-state index in [2.05, 4.69) is 11.6 Å². The van der Waals surface area contributed by atoms with Gasteiger partial charge in [-0.25, -0.2) is 0 Å². The smallest absolute Gasteiger partial charge is 0.0653 e. The summed E-state index contributed by atoms with van der Waals surface area (Å²) in [6, 6.07) is 3.77. The van der Waals surface area contributed by atoms with E-state index in [1.54, 1.807) is 12.3 Å². The van der Waals surface area contributed by atoms with Gasteiger partial charge in [0.15, 0.2) is 0 Å². The topological polar surface area (TPSA) is 38.9 Å². The number of hydrogen-bond acceptors (Lipinski definition) is 2. The summed E-state index contributed by atoms with van der Waals surface area (Å²) in [6.07, 6.45) is 3.48. The van der Waals surface area contributed by atoms with E-state index in [4.69, 9.17) is 5.73 Å². The molecule has 0 aliphatic carbocycles. The van der Waals surface area contributed by atoms with Gasteiger partial charge in [0.05, 0.1) is 11.7 Å². The lowest BCUT2D eigenvalue weighted by Gasteiger charge is -2.04. The highest BCUT2D eigenvalue weighted by Gasteiger charge is 1.99. The Bertz CT molecular complexity index is 238. The summed E-state index contributed by atoms with van der Waals surface area (Å²) >= 11 is 0. The largest absolute Gasteiger partial charge is 0.319 e. The summed E-state index contributed by atoms with van der Waals surface area (Å²) in [6.45, 7) is 5.59. The van der Waals surface area contributed by atoms with Crippen molar-refractivity contribution in [3.05, 3.63) is 42.2 Å². The maximum atomic E-state index is 5.66. The van der Waals surface area contributed by atoms with Gasteiger partial charge in [-0.1, -0.05) is 12.1 Å². The Balaban J connectivity index is 2.89. The summed E-state index contributed by atoms with van der Waals surface area (Å²) in [4.78, 5) is 4.15. The second-order valence-corrected chi connectivity index (χ2v) is 2.52. The molecule has 0 fully saturated rings. The van der Waals surface area contributed by atoms with Crippen molar-refractivity contribution in [2.45, 2.75) is 13.0 Å². The first-order valence-corrected chi connectivity index (χ1v) is 3.54. The zero-order chi connectivity index (χ0) is 8.27. The van der Waals surface area contributed by atoms with Crippen LogP contribution in [0.5, 0.6) is 0 Å². The van der Waals surface area contributed by atoms with E-state index in [0.717, 1.165) is 11.3 Å². The average molecular weight is 148 g/mol. The van der Waals surface area contributed by atoms with Crippen molar-refractivity contribution in [2.24, 2.45) is 5.73 Å². The zero-order valence-corrected chi connectivity index (χ0v) is 6.62. The van der Waals surface area contributed by atoms with E-state index in [9.17, 15) is 0 Å². The lowest BCUT2D eigenvalue weighted by atomic mass is 10.2. The number of aryl methyl sites for hydroxylation is 1. The Kier molecular flexibility index (Phi) is 2.39. The monoisotopic (exact) mass is 148 g/mol. The first-order valence-electron chi connectivity index (χ1n) is 3.54. The summed E-state index contributed by atoms with van der Waals surface area (Å²) in [7, 11) is 0. The molecule has 1 atom stereocenters. The summed E-state index contributed by atoms with van der Waals surface area (Å²) in [5.74, 6) is 0. The van der Waals surface area contributed by atoms with E-state index in [1.165, 1.54) is 0 Å². The Hall–Kier alpha value is -1.15. The van der Waals surface area contributed by atoms with Crippen LogP contribution >= 0.6 is 0 Å². The van der Waals surface area contributed by atoms with Crippen LogP contribution in [-0.4, -0.2) is 4.98 Å². The molecule has 11 heavy (non-hydrogen) atoms. The van der Waals surface area contributed by atoms with Crippen LogP contribution in [0.25, 0.3) is 0 Å². The molecule has 0 unspecified atom stereocenters. The number of nitrogens with two attached hydrogens (primary N) is 1. The van der Waals surface area contributed by atoms with Gasteiger partial charge in [0.1, 0.15) is 0 Å². The van der Waals surface area contributed by atoms with Gasteiger partial charge in [0.25, 0.3) is 0 Å². The number of nitrogens with zero attached hydrogens (tertiary/aromatic N) is 1. The normalized spacial score (nSPS) is 12.5. The summed E-state index contributed by atoms with van der Waals surface area (Å²) in [5, 5.41) is 0. The molecule has 2 heteroatoms. The molecule has 58 valence electrons. The maximum absolute atomic E-state index is 5.66. The Morgan fingerprint density at radius 2 is 2.36 bits per heavy atom. The maximum Gasteiger partial charge on any atom is 0.0653 e. The highest BCUT2D eigenvalue weighted by Crippen LogP contribution is 2.07. The molecule has 2 nitrogen and oxygen atoms in total. The molecule has 0 spiro atoms. The average Bonchev–Trinajstić information content (AvgIpc) is 2.05. The van der Waals surface area contributed by atoms with Gasteiger partial charge in [-0.3, -0.25) is 4.98 Å². The van der Waals surface area contributed by atoms with Crippen LogP contribution in [0.2, 0.25) is 0 Å². The second kappa shape index (κ2) is 3.30.